The molecule has 3 N–H and O–H groups in total. The summed E-state index contributed by atoms with van der Waals surface area (Å²) in [5.74, 6) is 0.211. The monoisotopic (exact) mass is 335 g/mol. The smallest absolute Gasteiger partial charge is 0.236 e. The molecule has 0 aliphatic carbocycles. The largest absolute Gasteiger partial charge is 0.361 e. The fourth-order valence-electron chi connectivity index (χ4n) is 3.19. The number of likely N-dealkylation sites (N-methyl/N-ethyl adjacent to an activating group) is 1. The van der Waals surface area contributed by atoms with Gasteiger partial charge in [-0.3, -0.25) is 4.79 Å². The Labute approximate surface area is 148 Å². The van der Waals surface area contributed by atoms with Gasteiger partial charge in [0.1, 0.15) is 0 Å². The number of para-hydroxylation sites is 1. The molecule has 3 aromatic rings. The van der Waals surface area contributed by atoms with Crippen LogP contribution in [0.15, 0.2) is 60.8 Å². The molecule has 0 aliphatic heterocycles. The molecule has 0 radical (unpaired) electrons. The van der Waals surface area contributed by atoms with Crippen molar-refractivity contribution < 1.29 is 4.79 Å². The Kier molecular flexibility index (Phi) is 5.51. The van der Waals surface area contributed by atoms with E-state index in [1.54, 1.807) is 0 Å². The maximum absolute atomic E-state index is 12.0. The predicted octanol–water partition coefficient (Wildman–Crippen LogP) is 3.41. The molecule has 4 nitrogen and oxygen atoms in total. The number of nitrogens with one attached hydrogen (secondary N) is 3. The lowest BCUT2D eigenvalue weighted by Gasteiger charge is -2.21. The molecule has 0 fully saturated rings. The number of hydrogen-bond acceptors (Lipinski definition) is 2. The molecule has 0 spiro atoms. The quantitative estimate of drug-likeness (QED) is 0.620. The maximum Gasteiger partial charge on any atom is 0.236 e. The second-order valence-corrected chi connectivity index (χ2v) is 6.28. The van der Waals surface area contributed by atoms with Crippen molar-refractivity contribution in [2.24, 2.45) is 0 Å². The standard InChI is InChI=1S/C21H25N3O/c1-3-22-21(25)15(2)23-13-18(16-9-5-4-6-10-16)19-14-24-20-12-8-7-11-17(19)20/h4-12,14-15,18,23-24H,3,13H2,1-2H3,(H,22,25)/t15-,18+/m1/s1. The van der Waals surface area contributed by atoms with Crippen LogP contribution in [0.5, 0.6) is 0 Å². The average molecular weight is 335 g/mol. The molecule has 3 rings (SSSR count). The molecule has 1 heterocycles. The number of carbonyl (C=O) groups excluding carboxylic acids is 1. The lowest BCUT2D eigenvalue weighted by Crippen LogP contribution is -2.43. The maximum atomic E-state index is 12.0. The minimum absolute atomic E-state index is 0.0354. The van der Waals surface area contributed by atoms with Crippen LogP contribution in [-0.2, 0) is 4.79 Å². The first kappa shape index (κ1) is 17.2. The van der Waals surface area contributed by atoms with E-state index >= 15 is 0 Å². The number of fused-ring (bicyclic) bond motifs is 1. The summed E-state index contributed by atoms with van der Waals surface area (Å²) in [4.78, 5) is 15.4. The first-order valence-corrected chi connectivity index (χ1v) is 8.82. The van der Waals surface area contributed by atoms with Gasteiger partial charge in [-0.15, -0.1) is 0 Å². The number of benzene rings is 2. The highest BCUT2D eigenvalue weighted by Crippen LogP contribution is 2.30. The van der Waals surface area contributed by atoms with E-state index in [1.165, 1.54) is 16.5 Å². The van der Waals surface area contributed by atoms with Gasteiger partial charge in [0.05, 0.1) is 6.04 Å². The van der Waals surface area contributed by atoms with Gasteiger partial charge in [-0.05, 0) is 31.0 Å². The van der Waals surface area contributed by atoms with Crippen molar-refractivity contribution in [1.29, 1.82) is 0 Å². The van der Waals surface area contributed by atoms with E-state index in [2.05, 4.69) is 64.3 Å². The van der Waals surface area contributed by atoms with Gasteiger partial charge in [-0.2, -0.15) is 0 Å². The van der Waals surface area contributed by atoms with Crippen molar-refractivity contribution in [3.05, 3.63) is 71.9 Å². The summed E-state index contributed by atoms with van der Waals surface area (Å²) in [7, 11) is 0. The summed E-state index contributed by atoms with van der Waals surface area (Å²) in [5.41, 5.74) is 3.62. The normalized spacial score (nSPS) is 13.5. The van der Waals surface area contributed by atoms with Crippen LogP contribution >= 0.6 is 0 Å². The third-order valence-electron chi connectivity index (χ3n) is 4.57. The number of rotatable bonds is 7. The lowest BCUT2D eigenvalue weighted by molar-refractivity contribution is -0.122. The number of aromatic nitrogens is 1. The third-order valence-corrected chi connectivity index (χ3v) is 4.57. The van der Waals surface area contributed by atoms with Crippen molar-refractivity contribution in [1.82, 2.24) is 15.6 Å². The van der Waals surface area contributed by atoms with E-state index in [-0.39, 0.29) is 17.9 Å². The zero-order chi connectivity index (χ0) is 17.6. The fourth-order valence-corrected chi connectivity index (χ4v) is 3.19. The van der Waals surface area contributed by atoms with Gasteiger partial charge >= 0.3 is 0 Å². The summed E-state index contributed by atoms with van der Waals surface area (Å²) in [6.45, 7) is 5.19. The molecule has 0 saturated carbocycles. The van der Waals surface area contributed by atoms with E-state index in [4.69, 9.17) is 0 Å². The van der Waals surface area contributed by atoms with Crippen LogP contribution in [0.1, 0.15) is 30.9 Å². The highest BCUT2D eigenvalue weighted by molar-refractivity contribution is 5.84. The first-order chi connectivity index (χ1) is 12.2. The van der Waals surface area contributed by atoms with Crippen molar-refractivity contribution in [3.8, 4) is 0 Å². The van der Waals surface area contributed by atoms with Crippen LogP contribution in [0.2, 0.25) is 0 Å². The summed E-state index contributed by atoms with van der Waals surface area (Å²) in [6, 6.07) is 18.5. The molecule has 2 aromatic carbocycles. The SMILES string of the molecule is CCNC(=O)[C@@H](C)NC[C@@H](c1ccccc1)c1c[nH]c2ccccc12. The van der Waals surface area contributed by atoms with Gasteiger partial charge in [-0.25, -0.2) is 0 Å². The Morgan fingerprint density at radius 1 is 1.08 bits per heavy atom. The first-order valence-electron chi connectivity index (χ1n) is 8.82. The molecule has 4 heteroatoms. The molecular formula is C21H25N3O. The van der Waals surface area contributed by atoms with Crippen LogP contribution in [0.4, 0.5) is 0 Å². The van der Waals surface area contributed by atoms with Crippen LogP contribution in [0.3, 0.4) is 0 Å². The van der Waals surface area contributed by atoms with Crippen molar-refractivity contribution >= 4 is 16.8 Å². The molecule has 130 valence electrons. The van der Waals surface area contributed by atoms with E-state index < -0.39 is 0 Å². The second-order valence-electron chi connectivity index (χ2n) is 6.28. The highest BCUT2D eigenvalue weighted by atomic mass is 16.2. The van der Waals surface area contributed by atoms with Crippen LogP contribution < -0.4 is 10.6 Å². The van der Waals surface area contributed by atoms with Crippen LogP contribution in [-0.4, -0.2) is 30.0 Å². The minimum Gasteiger partial charge on any atom is -0.361 e. The Hall–Kier alpha value is -2.59. The van der Waals surface area contributed by atoms with Gasteiger partial charge in [-0.1, -0.05) is 48.5 Å². The molecule has 0 unspecified atom stereocenters. The summed E-state index contributed by atoms with van der Waals surface area (Å²) in [6.07, 6.45) is 2.08. The van der Waals surface area contributed by atoms with Crippen molar-refractivity contribution in [2.75, 3.05) is 13.1 Å². The van der Waals surface area contributed by atoms with Gasteiger partial charge in [0.15, 0.2) is 0 Å². The lowest BCUT2D eigenvalue weighted by atomic mass is 9.90. The highest BCUT2D eigenvalue weighted by Gasteiger charge is 2.20. The number of amides is 1. The molecule has 0 bridgehead atoms. The third kappa shape index (κ3) is 3.91. The zero-order valence-corrected chi connectivity index (χ0v) is 14.8. The number of hydrogen-bond donors (Lipinski definition) is 3. The van der Waals surface area contributed by atoms with Crippen molar-refractivity contribution in [2.45, 2.75) is 25.8 Å². The predicted molar refractivity (Wildman–Crippen MR) is 103 cm³/mol. The average Bonchev–Trinajstić information content (AvgIpc) is 3.07. The fraction of sp³-hybridized carbons (Fsp3) is 0.286. The van der Waals surface area contributed by atoms with Crippen molar-refractivity contribution in [3.63, 3.8) is 0 Å². The van der Waals surface area contributed by atoms with Crippen LogP contribution in [0.25, 0.3) is 10.9 Å². The Morgan fingerprint density at radius 3 is 2.56 bits per heavy atom. The molecular weight excluding hydrogens is 310 g/mol. The molecule has 0 saturated heterocycles. The Balaban J connectivity index is 1.88. The molecule has 2 atom stereocenters. The Morgan fingerprint density at radius 2 is 1.80 bits per heavy atom. The van der Waals surface area contributed by atoms with Gasteiger partial charge < -0.3 is 15.6 Å². The zero-order valence-electron chi connectivity index (χ0n) is 14.8. The van der Waals surface area contributed by atoms with E-state index in [9.17, 15) is 4.79 Å². The van der Waals surface area contributed by atoms with Gasteiger partial charge in [0.2, 0.25) is 5.91 Å². The summed E-state index contributed by atoms with van der Waals surface area (Å²) in [5, 5.41) is 7.48. The summed E-state index contributed by atoms with van der Waals surface area (Å²) < 4.78 is 0. The van der Waals surface area contributed by atoms with Gasteiger partial charge in [0, 0.05) is 36.1 Å². The van der Waals surface area contributed by atoms with Gasteiger partial charge in [0.25, 0.3) is 0 Å². The van der Waals surface area contributed by atoms with Crippen LogP contribution in [0, 0.1) is 0 Å². The van der Waals surface area contributed by atoms with E-state index in [0.29, 0.717) is 13.1 Å². The van der Waals surface area contributed by atoms with E-state index in [1.807, 2.05) is 26.0 Å². The Bertz CT molecular complexity index is 825. The molecule has 0 aliphatic rings. The number of carbonyl (C=O) groups is 1. The number of H-pyrrole nitrogens is 1. The molecule has 25 heavy (non-hydrogen) atoms. The molecule has 1 aromatic heterocycles. The topological polar surface area (TPSA) is 56.9 Å². The second kappa shape index (κ2) is 7.99. The van der Waals surface area contributed by atoms with E-state index in [0.717, 1.165) is 5.52 Å². The summed E-state index contributed by atoms with van der Waals surface area (Å²) >= 11 is 0. The molecule has 1 amide bonds. The number of aromatic amines is 1. The minimum atomic E-state index is -0.226.